The lowest BCUT2D eigenvalue weighted by Gasteiger charge is -2.41. The SMILES string of the molecule is COCCC(=O)N1CCN(c2nc(C(C)C)c(-c3ccc(F)cc3)cc2C#N)C[C@H]1C. The molecule has 1 amide bonds. The van der Waals surface area contributed by atoms with Crippen LogP contribution >= 0.6 is 0 Å². The van der Waals surface area contributed by atoms with E-state index in [2.05, 4.69) is 24.8 Å². The second-order valence-corrected chi connectivity index (χ2v) is 8.19. The molecule has 2 heterocycles. The van der Waals surface area contributed by atoms with Crippen LogP contribution in [0.4, 0.5) is 10.2 Å². The number of aromatic nitrogens is 1. The van der Waals surface area contributed by atoms with Crippen molar-refractivity contribution >= 4 is 11.7 Å². The molecular weight excluding hydrogens is 395 g/mol. The minimum Gasteiger partial charge on any atom is -0.384 e. The number of carbonyl (C=O) groups is 1. The van der Waals surface area contributed by atoms with E-state index in [0.29, 0.717) is 44.0 Å². The maximum atomic E-state index is 13.4. The molecule has 6 nitrogen and oxygen atoms in total. The number of hydrogen-bond donors (Lipinski definition) is 0. The van der Waals surface area contributed by atoms with Crippen molar-refractivity contribution in [1.82, 2.24) is 9.88 Å². The largest absolute Gasteiger partial charge is 0.384 e. The second kappa shape index (κ2) is 9.88. The van der Waals surface area contributed by atoms with Gasteiger partial charge in [0.15, 0.2) is 0 Å². The molecule has 1 aliphatic rings. The fraction of sp³-hybridized carbons (Fsp3) is 0.458. The first-order valence-corrected chi connectivity index (χ1v) is 10.6. The van der Waals surface area contributed by atoms with E-state index in [1.807, 2.05) is 17.9 Å². The molecule has 2 aromatic rings. The first kappa shape index (κ1) is 22.7. The van der Waals surface area contributed by atoms with Gasteiger partial charge in [0.05, 0.1) is 24.3 Å². The van der Waals surface area contributed by atoms with Crippen LogP contribution in [-0.2, 0) is 9.53 Å². The summed E-state index contributed by atoms with van der Waals surface area (Å²) < 4.78 is 18.4. The second-order valence-electron chi connectivity index (χ2n) is 8.19. The van der Waals surface area contributed by atoms with Gasteiger partial charge in [-0.15, -0.1) is 0 Å². The van der Waals surface area contributed by atoms with Crippen molar-refractivity contribution in [3.8, 4) is 17.2 Å². The lowest BCUT2D eigenvalue weighted by Crippen LogP contribution is -2.54. The molecule has 1 atom stereocenters. The third kappa shape index (κ3) is 5.02. The van der Waals surface area contributed by atoms with Crippen LogP contribution in [0.3, 0.4) is 0 Å². The molecule has 3 rings (SSSR count). The number of halogens is 1. The van der Waals surface area contributed by atoms with Gasteiger partial charge in [-0.2, -0.15) is 5.26 Å². The molecule has 0 radical (unpaired) electrons. The number of ether oxygens (including phenoxy) is 1. The van der Waals surface area contributed by atoms with Gasteiger partial charge in [0.1, 0.15) is 17.7 Å². The fourth-order valence-corrected chi connectivity index (χ4v) is 3.99. The Hall–Kier alpha value is -2.98. The van der Waals surface area contributed by atoms with Gasteiger partial charge in [-0.3, -0.25) is 4.79 Å². The Morgan fingerprint density at radius 1 is 1.32 bits per heavy atom. The zero-order valence-corrected chi connectivity index (χ0v) is 18.6. The van der Waals surface area contributed by atoms with Gasteiger partial charge in [0, 0.05) is 38.3 Å². The molecule has 1 aromatic carbocycles. The number of anilines is 1. The van der Waals surface area contributed by atoms with E-state index in [-0.39, 0.29) is 23.7 Å². The Kier molecular flexibility index (Phi) is 7.24. The predicted octanol–water partition coefficient (Wildman–Crippen LogP) is 3.96. The van der Waals surface area contributed by atoms with Gasteiger partial charge in [-0.05, 0) is 36.6 Å². The maximum absolute atomic E-state index is 13.4. The number of pyridine rings is 1. The van der Waals surface area contributed by atoms with E-state index in [0.717, 1.165) is 16.8 Å². The van der Waals surface area contributed by atoms with Gasteiger partial charge in [0.25, 0.3) is 0 Å². The van der Waals surface area contributed by atoms with E-state index < -0.39 is 0 Å². The van der Waals surface area contributed by atoms with Gasteiger partial charge in [-0.25, -0.2) is 9.37 Å². The number of piperazine rings is 1. The molecule has 31 heavy (non-hydrogen) atoms. The van der Waals surface area contributed by atoms with E-state index >= 15 is 0 Å². The molecule has 7 heteroatoms. The Bertz CT molecular complexity index is 969. The topological polar surface area (TPSA) is 69.5 Å². The highest BCUT2D eigenvalue weighted by Crippen LogP contribution is 2.33. The van der Waals surface area contributed by atoms with Crippen LogP contribution < -0.4 is 4.90 Å². The van der Waals surface area contributed by atoms with Crippen LogP contribution in [0, 0.1) is 17.1 Å². The molecule has 0 saturated carbocycles. The number of carbonyl (C=O) groups excluding carboxylic acids is 1. The smallest absolute Gasteiger partial charge is 0.225 e. The van der Waals surface area contributed by atoms with Gasteiger partial charge >= 0.3 is 0 Å². The zero-order chi connectivity index (χ0) is 22.5. The molecule has 0 aliphatic carbocycles. The van der Waals surface area contributed by atoms with Crippen LogP contribution in [0.5, 0.6) is 0 Å². The molecule has 0 spiro atoms. The summed E-state index contributed by atoms with van der Waals surface area (Å²) in [7, 11) is 1.59. The third-order valence-electron chi connectivity index (χ3n) is 5.62. The molecule has 0 unspecified atom stereocenters. The lowest BCUT2D eigenvalue weighted by atomic mass is 9.95. The standard InChI is InChI=1S/C24H29FN4O2/c1-16(2)23-21(18-5-7-20(25)8-6-18)13-19(14-26)24(27-23)28-10-11-29(17(3)15-28)22(30)9-12-31-4/h5-8,13,16-17H,9-12,15H2,1-4H3/t17-/m1/s1. The minimum absolute atomic E-state index is 0.00530. The third-order valence-corrected chi connectivity index (χ3v) is 5.62. The summed E-state index contributed by atoms with van der Waals surface area (Å²) in [5, 5.41) is 9.84. The highest BCUT2D eigenvalue weighted by Gasteiger charge is 2.29. The van der Waals surface area contributed by atoms with Crippen molar-refractivity contribution in [2.45, 2.75) is 39.2 Å². The van der Waals surface area contributed by atoms with Crippen LogP contribution in [0.15, 0.2) is 30.3 Å². The van der Waals surface area contributed by atoms with Crippen molar-refractivity contribution < 1.29 is 13.9 Å². The summed E-state index contributed by atoms with van der Waals surface area (Å²) >= 11 is 0. The molecule has 0 N–H and O–H groups in total. The predicted molar refractivity (Wildman–Crippen MR) is 118 cm³/mol. The average Bonchev–Trinajstić information content (AvgIpc) is 2.76. The average molecular weight is 425 g/mol. The minimum atomic E-state index is -0.299. The maximum Gasteiger partial charge on any atom is 0.225 e. The Morgan fingerprint density at radius 2 is 2.03 bits per heavy atom. The van der Waals surface area contributed by atoms with Crippen LogP contribution in [0.25, 0.3) is 11.1 Å². The molecule has 0 bridgehead atoms. The first-order chi connectivity index (χ1) is 14.8. The van der Waals surface area contributed by atoms with E-state index in [1.165, 1.54) is 12.1 Å². The molecular formula is C24H29FN4O2. The number of rotatable bonds is 6. The highest BCUT2D eigenvalue weighted by molar-refractivity contribution is 5.77. The fourth-order valence-electron chi connectivity index (χ4n) is 3.99. The van der Waals surface area contributed by atoms with Crippen molar-refractivity contribution in [2.75, 3.05) is 38.3 Å². The summed E-state index contributed by atoms with van der Waals surface area (Å²) in [6, 6.07) is 10.4. The highest BCUT2D eigenvalue weighted by atomic mass is 19.1. The van der Waals surface area contributed by atoms with Crippen molar-refractivity contribution in [3.05, 3.63) is 47.4 Å². The van der Waals surface area contributed by atoms with E-state index in [9.17, 15) is 14.4 Å². The number of nitriles is 1. The lowest BCUT2D eigenvalue weighted by molar-refractivity contribution is -0.134. The van der Waals surface area contributed by atoms with Gasteiger partial charge < -0.3 is 14.5 Å². The number of hydrogen-bond acceptors (Lipinski definition) is 5. The van der Waals surface area contributed by atoms with Crippen molar-refractivity contribution in [3.63, 3.8) is 0 Å². The Morgan fingerprint density at radius 3 is 2.61 bits per heavy atom. The summed E-state index contributed by atoms with van der Waals surface area (Å²) in [4.78, 5) is 21.3. The molecule has 164 valence electrons. The number of amides is 1. The quantitative estimate of drug-likeness (QED) is 0.702. The summed E-state index contributed by atoms with van der Waals surface area (Å²) in [5.74, 6) is 0.553. The molecule has 1 saturated heterocycles. The zero-order valence-electron chi connectivity index (χ0n) is 18.6. The van der Waals surface area contributed by atoms with Gasteiger partial charge in [-0.1, -0.05) is 26.0 Å². The van der Waals surface area contributed by atoms with Crippen LogP contribution in [0.2, 0.25) is 0 Å². The van der Waals surface area contributed by atoms with Crippen molar-refractivity contribution in [1.29, 1.82) is 5.26 Å². The van der Waals surface area contributed by atoms with E-state index in [1.54, 1.807) is 19.2 Å². The van der Waals surface area contributed by atoms with Crippen LogP contribution in [-0.4, -0.2) is 55.2 Å². The van der Waals surface area contributed by atoms with Gasteiger partial charge in [0.2, 0.25) is 5.91 Å². The molecule has 1 fully saturated rings. The normalized spacial score (nSPS) is 16.5. The molecule has 1 aliphatic heterocycles. The number of nitrogens with zero attached hydrogens (tertiary/aromatic N) is 4. The number of benzene rings is 1. The summed E-state index contributed by atoms with van der Waals surface area (Å²) in [6.45, 7) is 8.33. The summed E-state index contributed by atoms with van der Waals surface area (Å²) in [5.41, 5.74) is 3.03. The monoisotopic (exact) mass is 424 g/mol. The first-order valence-electron chi connectivity index (χ1n) is 10.6. The Labute approximate surface area is 183 Å². The summed E-state index contributed by atoms with van der Waals surface area (Å²) in [6.07, 6.45) is 0.367. The number of methoxy groups -OCH3 is 1. The Balaban J connectivity index is 1.92. The van der Waals surface area contributed by atoms with Crippen LogP contribution in [0.1, 0.15) is 44.4 Å². The van der Waals surface area contributed by atoms with E-state index in [4.69, 9.17) is 9.72 Å². The molecule has 1 aromatic heterocycles. The van der Waals surface area contributed by atoms with Crippen molar-refractivity contribution in [2.24, 2.45) is 0 Å².